The van der Waals surface area contributed by atoms with Crippen molar-refractivity contribution in [1.82, 2.24) is 5.32 Å². The molecule has 0 aromatic heterocycles. The Hall–Kier alpha value is -3.03. The van der Waals surface area contributed by atoms with E-state index in [1.54, 1.807) is 6.08 Å². The van der Waals surface area contributed by atoms with Gasteiger partial charge in [0.2, 0.25) is 5.91 Å². The predicted octanol–water partition coefficient (Wildman–Crippen LogP) is 10.7. The number of amides is 1. The van der Waals surface area contributed by atoms with E-state index in [2.05, 4.69) is 79.9 Å². The minimum Gasteiger partial charge on any atom is -0.394 e. The van der Waals surface area contributed by atoms with Crippen LogP contribution in [0.5, 0.6) is 0 Å². The fraction of sp³-hybridized carbons (Fsp3) is 0.800. The molecule has 0 aromatic rings. The third-order valence-corrected chi connectivity index (χ3v) is 18.0. The van der Waals surface area contributed by atoms with Gasteiger partial charge in [-0.2, -0.15) is 0 Å². The second-order valence-corrected chi connectivity index (χ2v) is 26.0. The first-order valence-corrected chi connectivity index (χ1v) is 36.8. The maximum absolute atomic E-state index is 13.4. The largest absolute Gasteiger partial charge is 0.394 e. The number of aliphatic hydroxyl groups is 11. The van der Waals surface area contributed by atoms with Gasteiger partial charge in [-0.3, -0.25) is 4.79 Å². The van der Waals surface area contributed by atoms with Crippen molar-refractivity contribution in [3.63, 3.8) is 0 Å². The maximum Gasteiger partial charge on any atom is 0.220 e. The van der Waals surface area contributed by atoms with E-state index in [1.165, 1.54) is 161 Å². The van der Waals surface area contributed by atoms with Gasteiger partial charge in [0.1, 0.15) is 73.2 Å². The number of rotatable bonds is 56. The second-order valence-electron chi connectivity index (χ2n) is 26.0. The van der Waals surface area contributed by atoms with Crippen molar-refractivity contribution in [1.29, 1.82) is 0 Å². The van der Waals surface area contributed by atoms with Crippen LogP contribution in [-0.2, 0) is 33.2 Å². The average molecular weight is 1330 g/mol. The molecule has 3 aliphatic heterocycles. The number of ether oxygens (including phenoxy) is 6. The molecule has 19 heteroatoms. The molecule has 0 saturated carbocycles. The molecule has 17 atom stereocenters. The quantitative estimate of drug-likeness (QED) is 0.0199. The Labute approximate surface area is 565 Å². The molecule has 544 valence electrons. The molecule has 0 aliphatic carbocycles. The lowest BCUT2D eigenvalue weighted by Crippen LogP contribution is -2.66. The third-order valence-electron chi connectivity index (χ3n) is 18.0. The normalized spacial score (nSPS) is 27.9. The van der Waals surface area contributed by atoms with Crippen molar-refractivity contribution in [2.24, 2.45) is 0 Å². The molecule has 17 unspecified atom stereocenters. The second kappa shape index (κ2) is 55.8. The number of aliphatic hydroxyl groups excluding tert-OH is 11. The van der Waals surface area contributed by atoms with Gasteiger partial charge in [0.25, 0.3) is 0 Å². The zero-order chi connectivity index (χ0) is 68.2. The summed E-state index contributed by atoms with van der Waals surface area (Å²) in [5, 5.41) is 121. The summed E-state index contributed by atoms with van der Waals surface area (Å²) >= 11 is 0. The Morgan fingerprint density at radius 1 is 0.394 bits per heavy atom. The van der Waals surface area contributed by atoms with Crippen LogP contribution in [-0.4, -0.2) is 193 Å². The highest BCUT2D eigenvalue weighted by atomic mass is 16.8. The van der Waals surface area contributed by atoms with Gasteiger partial charge in [-0.1, -0.05) is 272 Å². The van der Waals surface area contributed by atoms with Crippen LogP contribution in [0.4, 0.5) is 0 Å². The average Bonchev–Trinajstić information content (AvgIpc) is 0.787. The first kappa shape index (κ1) is 85.2. The minimum absolute atomic E-state index is 0.114. The number of carbonyl (C=O) groups excluding carboxylic acids is 1. The summed E-state index contributed by atoms with van der Waals surface area (Å²) in [7, 11) is 0. The molecule has 12 N–H and O–H groups in total. The van der Waals surface area contributed by atoms with Crippen LogP contribution in [0.3, 0.4) is 0 Å². The molecule has 3 aliphatic rings. The highest BCUT2D eigenvalue weighted by Crippen LogP contribution is 2.33. The number of allylic oxidation sites excluding steroid dienone is 13. The number of hydrogen-bond donors (Lipinski definition) is 12. The number of carbonyl (C=O) groups is 1. The molecule has 3 saturated heterocycles. The van der Waals surface area contributed by atoms with E-state index in [9.17, 15) is 61.0 Å². The van der Waals surface area contributed by atoms with Gasteiger partial charge >= 0.3 is 0 Å². The molecule has 0 bridgehead atoms. The van der Waals surface area contributed by atoms with Crippen LogP contribution >= 0.6 is 0 Å². The monoisotopic (exact) mass is 1330 g/mol. The molecule has 0 spiro atoms. The molecule has 94 heavy (non-hydrogen) atoms. The van der Waals surface area contributed by atoms with Crippen LogP contribution in [0.25, 0.3) is 0 Å². The highest BCUT2D eigenvalue weighted by molar-refractivity contribution is 5.76. The van der Waals surface area contributed by atoms with Crippen molar-refractivity contribution < 1.29 is 89.4 Å². The topological polar surface area (TPSA) is 307 Å². The Morgan fingerprint density at radius 2 is 0.734 bits per heavy atom. The summed E-state index contributed by atoms with van der Waals surface area (Å²) in [6, 6.07) is -1.02. The lowest BCUT2D eigenvalue weighted by Gasteiger charge is -2.48. The zero-order valence-corrected chi connectivity index (χ0v) is 57.7. The highest BCUT2D eigenvalue weighted by Gasteiger charge is 2.53. The maximum atomic E-state index is 13.4. The number of hydrogen-bond acceptors (Lipinski definition) is 18. The molecular weight excluding hydrogens is 1200 g/mol. The van der Waals surface area contributed by atoms with Crippen LogP contribution in [0, 0.1) is 0 Å². The van der Waals surface area contributed by atoms with Crippen LogP contribution in [0.1, 0.15) is 251 Å². The fourth-order valence-electron chi connectivity index (χ4n) is 12.0. The van der Waals surface area contributed by atoms with Gasteiger partial charge in [-0.15, -0.1) is 0 Å². The summed E-state index contributed by atoms with van der Waals surface area (Å²) in [5.41, 5.74) is 0. The lowest BCUT2D eigenvalue weighted by molar-refractivity contribution is -0.379. The molecule has 1 amide bonds. The summed E-state index contributed by atoms with van der Waals surface area (Å²) in [5.74, 6) is -0.358. The first-order chi connectivity index (χ1) is 45.8. The van der Waals surface area contributed by atoms with Gasteiger partial charge in [0, 0.05) is 6.42 Å². The van der Waals surface area contributed by atoms with Crippen molar-refractivity contribution in [3.8, 4) is 0 Å². The summed E-state index contributed by atoms with van der Waals surface area (Å²) in [4.78, 5) is 13.4. The Bertz CT molecular complexity index is 2030. The number of unbranched alkanes of at least 4 members (excludes halogenated alkanes) is 28. The molecule has 3 fully saturated rings. The van der Waals surface area contributed by atoms with Crippen molar-refractivity contribution in [2.75, 3.05) is 26.4 Å². The Morgan fingerprint density at radius 3 is 1.13 bits per heavy atom. The Balaban J connectivity index is 1.42. The van der Waals surface area contributed by atoms with Gasteiger partial charge in [-0.25, -0.2) is 0 Å². The SMILES string of the molecule is CC/C=C\C/C=C\C/C=C\C/C=C\C/C=C\C/C=C\CCC(=O)NC(COC1OC(CO)C(OC2OC(CO)C(OC3OC(CO)C(O)C(O)C3O)C(O)C2O)C(O)C1O)C(O)/C=C/CCCCCCCCCCCCCCCCCCCCCCCCCCCCCC. The lowest BCUT2D eigenvalue weighted by atomic mass is 9.96. The molecule has 3 heterocycles. The molecular formula is C75H131NO18. The smallest absolute Gasteiger partial charge is 0.220 e. The van der Waals surface area contributed by atoms with Crippen molar-refractivity contribution in [3.05, 3.63) is 85.1 Å². The standard InChI is InChI=1S/C75H131NO18/c1-3-5-7-9-11-13-15-17-19-21-23-24-25-26-27-28-29-30-31-32-33-35-36-38-40-42-44-46-48-50-52-59(80)58(76-63(81)53-51-49-47-45-43-41-39-37-34-22-20-18-16-14-12-10-8-6-4-2)57-89-73-69(87)66(84)71(61(55-78)91-73)94-75-70(88)67(85)72(62(56-79)92-75)93-74-68(86)65(83)64(82)60(54-77)90-74/h6,8,12,14,18,20,34,37,41,43,47,49-50,52,58-62,64-75,77-80,82-88H,3-5,7,9-11,13,15-17,19,21-33,35-36,38-40,42,44-46,48,51,53-57H2,1-2H3,(H,76,81)/b8-6-,14-12-,20-18-,37-34-,43-41-,49-47-,52-50+. The molecule has 0 radical (unpaired) electrons. The van der Waals surface area contributed by atoms with E-state index < -0.39 is 124 Å². The molecule has 3 rings (SSSR count). The van der Waals surface area contributed by atoms with E-state index in [4.69, 9.17) is 28.4 Å². The van der Waals surface area contributed by atoms with E-state index in [0.29, 0.717) is 12.8 Å². The van der Waals surface area contributed by atoms with E-state index >= 15 is 0 Å². The van der Waals surface area contributed by atoms with Gasteiger partial charge in [-0.05, 0) is 57.8 Å². The molecule has 0 aromatic carbocycles. The predicted molar refractivity (Wildman–Crippen MR) is 369 cm³/mol. The minimum atomic E-state index is -1.99. The van der Waals surface area contributed by atoms with Crippen LogP contribution < -0.4 is 5.32 Å². The first-order valence-electron chi connectivity index (χ1n) is 36.8. The molecule has 19 nitrogen and oxygen atoms in total. The van der Waals surface area contributed by atoms with Gasteiger partial charge in [0.05, 0.1) is 38.6 Å². The zero-order valence-electron chi connectivity index (χ0n) is 57.7. The Kier molecular flexibility index (Phi) is 50.6. The van der Waals surface area contributed by atoms with Crippen LogP contribution in [0.2, 0.25) is 0 Å². The van der Waals surface area contributed by atoms with Crippen molar-refractivity contribution >= 4 is 5.91 Å². The van der Waals surface area contributed by atoms with Gasteiger partial charge in [0.15, 0.2) is 18.9 Å². The van der Waals surface area contributed by atoms with E-state index in [0.717, 1.165) is 57.8 Å². The van der Waals surface area contributed by atoms with E-state index in [1.807, 2.05) is 18.2 Å². The summed E-state index contributed by atoms with van der Waals surface area (Å²) in [6.07, 6.45) is 45.9. The van der Waals surface area contributed by atoms with E-state index in [-0.39, 0.29) is 18.9 Å². The summed E-state index contributed by atoms with van der Waals surface area (Å²) < 4.78 is 34.3. The third kappa shape index (κ3) is 36.7. The van der Waals surface area contributed by atoms with Gasteiger partial charge < -0.3 is 89.9 Å². The van der Waals surface area contributed by atoms with Crippen molar-refractivity contribution in [2.45, 2.75) is 356 Å². The fourth-order valence-corrected chi connectivity index (χ4v) is 12.0. The number of nitrogens with one attached hydrogen (secondary N) is 1. The van der Waals surface area contributed by atoms with Crippen LogP contribution in [0.15, 0.2) is 85.1 Å². The summed E-state index contributed by atoms with van der Waals surface area (Å²) in [6.45, 7) is 1.58.